The molecule has 2 amide bonds. The van der Waals surface area contributed by atoms with Gasteiger partial charge in [-0.15, -0.1) is 11.3 Å². The highest BCUT2D eigenvalue weighted by atomic mass is 32.1. The highest BCUT2D eigenvalue weighted by Crippen LogP contribution is 2.22. The Morgan fingerprint density at radius 2 is 1.90 bits per heavy atom. The molecule has 0 aliphatic carbocycles. The number of piperidine rings is 1. The van der Waals surface area contributed by atoms with Gasteiger partial charge in [-0.05, 0) is 31.7 Å². The number of ether oxygens (including phenoxy) is 1. The van der Waals surface area contributed by atoms with E-state index in [-0.39, 0.29) is 24.9 Å². The number of hydrogen-bond donors (Lipinski definition) is 1. The van der Waals surface area contributed by atoms with E-state index in [4.69, 9.17) is 0 Å². The second-order valence-corrected chi connectivity index (χ2v) is 8.48. The molecule has 0 radical (unpaired) electrons. The van der Waals surface area contributed by atoms with Crippen LogP contribution in [0.5, 0.6) is 0 Å². The molecular weight excluding hydrogens is 431 g/mol. The van der Waals surface area contributed by atoms with Crippen molar-refractivity contribution in [2.75, 3.05) is 26.2 Å². The zero-order valence-corrected chi connectivity index (χ0v) is 17.9. The highest BCUT2D eigenvalue weighted by molar-refractivity contribution is 7.09. The molecule has 1 saturated heterocycles. The van der Waals surface area contributed by atoms with Gasteiger partial charge in [-0.2, -0.15) is 13.2 Å². The number of amides is 2. The Hall–Kier alpha value is -2.62. The third-order valence-corrected chi connectivity index (χ3v) is 5.84. The number of carbonyl (C=O) groups is 2. The summed E-state index contributed by atoms with van der Waals surface area (Å²) in [6.07, 6.45) is -4.06. The molecule has 1 aromatic carbocycles. The minimum Gasteiger partial charge on any atom is -0.440 e. The van der Waals surface area contributed by atoms with Crippen molar-refractivity contribution in [3.63, 3.8) is 0 Å². The summed E-state index contributed by atoms with van der Waals surface area (Å²) in [6, 6.07) is 8.06. The van der Waals surface area contributed by atoms with Gasteiger partial charge < -0.3 is 15.0 Å². The zero-order valence-electron chi connectivity index (χ0n) is 17.1. The number of aromatic nitrogens is 1. The van der Waals surface area contributed by atoms with Crippen molar-refractivity contribution >= 4 is 23.3 Å². The molecule has 10 heteroatoms. The molecule has 1 aromatic heterocycles. The number of thiazole rings is 1. The predicted molar refractivity (Wildman–Crippen MR) is 111 cm³/mol. The van der Waals surface area contributed by atoms with Crippen LogP contribution in [0.25, 0.3) is 11.3 Å². The van der Waals surface area contributed by atoms with Crippen LogP contribution in [0.2, 0.25) is 0 Å². The summed E-state index contributed by atoms with van der Waals surface area (Å²) >= 11 is 1.61. The second-order valence-electron chi connectivity index (χ2n) is 7.42. The first-order chi connectivity index (χ1) is 14.7. The van der Waals surface area contributed by atoms with Gasteiger partial charge in [0.2, 0.25) is 5.91 Å². The van der Waals surface area contributed by atoms with Crippen LogP contribution in [0.3, 0.4) is 0 Å². The van der Waals surface area contributed by atoms with Gasteiger partial charge in [-0.1, -0.05) is 24.3 Å². The average molecular weight is 456 g/mol. The largest absolute Gasteiger partial charge is 0.440 e. The maximum absolute atomic E-state index is 12.4. The Morgan fingerprint density at radius 3 is 2.48 bits per heavy atom. The molecule has 31 heavy (non-hydrogen) atoms. The monoisotopic (exact) mass is 455 g/mol. The Labute approximate surface area is 182 Å². The molecule has 1 aliphatic heterocycles. The van der Waals surface area contributed by atoms with E-state index in [9.17, 15) is 22.8 Å². The highest BCUT2D eigenvalue weighted by Gasteiger charge is 2.32. The number of hydrogen-bond acceptors (Lipinski definition) is 5. The molecule has 6 nitrogen and oxygen atoms in total. The molecule has 3 rings (SSSR count). The van der Waals surface area contributed by atoms with Crippen molar-refractivity contribution in [1.82, 2.24) is 15.2 Å². The molecule has 0 bridgehead atoms. The number of aryl methyl sites for hydroxylation is 1. The first-order valence-electron chi connectivity index (χ1n) is 9.99. The minimum atomic E-state index is -4.55. The summed E-state index contributed by atoms with van der Waals surface area (Å²) < 4.78 is 40.7. The molecule has 1 aliphatic rings. The molecule has 1 fully saturated rings. The van der Waals surface area contributed by atoms with E-state index < -0.39 is 18.9 Å². The van der Waals surface area contributed by atoms with Crippen molar-refractivity contribution in [1.29, 1.82) is 0 Å². The van der Waals surface area contributed by atoms with Crippen LogP contribution < -0.4 is 5.32 Å². The molecule has 2 aromatic rings. The first-order valence-corrected chi connectivity index (χ1v) is 10.9. The Balaban J connectivity index is 1.37. The first kappa shape index (κ1) is 23.1. The number of likely N-dealkylation sites (tertiary alicyclic amines) is 1. The third-order valence-electron chi connectivity index (χ3n) is 5.06. The van der Waals surface area contributed by atoms with Gasteiger partial charge in [-0.3, -0.25) is 4.79 Å². The quantitative estimate of drug-likeness (QED) is 0.709. The minimum absolute atomic E-state index is 0.0992. The molecule has 0 spiro atoms. The maximum Gasteiger partial charge on any atom is 0.422 e. The molecule has 1 N–H and O–H groups in total. The van der Waals surface area contributed by atoms with Gasteiger partial charge in [0.05, 0.1) is 10.7 Å². The number of nitrogens with zero attached hydrogens (tertiary/aromatic N) is 2. The number of rotatable bonds is 6. The third kappa shape index (κ3) is 6.95. The van der Waals surface area contributed by atoms with Crippen LogP contribution in [0.1, 0.15) is 23.4 Å². The molecule has 0 unspecified atom stereocenters. The summed E-state index contributed by atoms with van der Waals surface area (Å²) in [6.45, 7) is 1.26. The van der Waals surface area contributed by atoms with Crippen LogP contribution >= 0.6 is 11.3 Å². The smallest absolute Gasteiger partial charge is 0.422 e. The summed E-state index contributed by atoms with van der Waals surface area (Å²) in [7, 11) is 0. The fraction of sp³-hybridized carbons (Fsp3) is 0.476. The van der Waals surface area contributed by atoms with Crippen molar-refractivity contribution in [3.05, 3.63) is 40.2 Å². The molecule has 2 heterocycles. The summed E-state index contributed by atoms with van der Waals surface area (Å²) in [5.74, 6) is -0.361. The van der Waals surface area contributed by atoms with E-state index in [2.05, 4.69) is 15.0 Å². The summed E-state index contributed by atoms with van der Waals surface area (Å²) in [4.78, 5) is 29.7. The predicted octanol–water partition coefficient (Wildman–Crippen LogP) is 4.19. The molecule has 0 saturated carbocycles. The Kier molecular flexibility index (Phi) is 7.53. The number of halogens is 3. The number of carbonyl (C=O) groups excluding carboxylic acids is 2. The van der Waals surface area contributed by atoms with Gasteiger partial charge in [-0.25, -0.2) is 9.78 Å². The SMILES string of the molecule is Cc1nc(-c2ccc(CCNC(=O)C3CCN(C(=O)OCC(F)(F)F)CC3)cc2)cs1. The van der Waals surface area contributed by atoms with Gasteiger partial charge in [0, 0.05) is 36.5 Å². The van der Waals surface area contributed by atoms with Crippen LogP contribution in [0.4, 0.5) is 18.0 Å². The van der Waals surface area contributed by atoms with Gasteiger partial charge in [0.25, 0.3) is 0 Å². The standard InChI is InChI=1S/C21H24F3N3O3S/c1-14-26-18(12-31-14)16-4-2-15(3-5-16)6-9-25-19(28)17-7-10-27(11-8-17)20(29)30-13-21(22,23)24/h2-5,12,17H,6-11,13H2,1H3,(H,25,28). The van der Waals surface area contributed by atoms with E-state index in [1.165, 1.54) is 4.90 Å². The van der Waals surface area contributed by atoms with Crippen molar-refractivity contribution < 1.29 is 27.5 Å². The van der Waals surface area contributed by atoms with Crippen LogP contribution in [-0.4, -0.2) is 54.3 Å². The van der Waals surface area contributed by atoms with Crippen molar-refractivity contribution in [2.45, 2.75) is 32.4 Å². The normalized spacial score (nSPS) is 15.0. The summed E-state index contributed by atoms with van der Waals surface area (Å²) in [5.41, 5.74) is 3.10. The lowest BCUT2D eigenvalue weighted by atomic mass is 9.96. The topological polar surface area (TPSA) is 71.5 Å². The molecule has 0 atom stereocenters. The van der Waals surface area contributed by atoms with Gasteiger partial charge in [0.1, 0.15) is 0 Å². The fourth-order valence-corrected chi connectivity index (χ4v) is 3.99. The van der Waals surface area contributed by atoms with Gasteiger partial charge in [0.15, 0.2) is 6.61 Å². The van der Waals surface area contributed by atoms with E-state index >= 15 is 0 Å². The number of benzene rings is 1. The maximum atomic E-state index is 12.4. The summed E-state index contributed by atoms with van der Waals surface area (Å²) in [5, 5.41) is 5.95. The van der Waals surface area contributed by atoms with E-state index in [0.29, 0.717) is 25.8 Å². The number of alkyl halides is 3. The average Bonchev–Trinajstić information content (AvgIpc) is 3.18. The lowest BCUT2D eigenvalue weighted by Gasteiger charge is -2.30. The zero-order chi connectivity index (χ0) is 22.4. The van der Waals surface area contributed by atoms with E-state index in [1.807, 2.05) is 36.6 Å². The van der Waals surface area contributed by atoms with E-state index in [0.717, 1.165) is 21.8 Å². The van der Waals surface area contributed by atoms with Crippen LogP contribution in [0.15, 0.2) is 29.6 Å². The fourth-order valence-electron chi connectivity index (χ4n) is 3.37. The van der Waals surface area contributed by atoms with E-state index in [1.54, 1.807) is 11.3 Å². The lowest BCUT2D eigenvalue weighted by Crippen LogP contribution is -2.44. The molecular formula is C21H24F3N3O3S. The molecule has 168 valence electrons. The van der Waals surface area contributed by atoms with Crippen molar-refractivity contribution in [3.8, 4) is 11.3 Å². The van der Waals surface area contributed by atoms with Crippen LogP contribution in [-0.2, 0) is 16.0 Å². The van der Waals surface area contributed by atoms with Gasteiger partial charge >= 0.3 is 12.3 Å². The lowest BCUT2D eigenvalue weighted by molar-refractivity contribution is -0.162. The van der Waals surface area contributed by atoms with Crippen molar-refractivity contribution in [2.24, 2.45) is 5.92 Å². The Morgan fingerprint density at radius 1 is 1.23 bits per heavy atom. The number of nitrogens with one attached hydrogen (secondary N) is 1. The Bertz CT molecular complexity index is 891. The second kappa shape index (κ2) is 10.1. The van der Waals surface area contributed by atoms with Crippen LogP contribution in [0, 0.1) is 12.8 Å².